The number of allylic oxidation sites excluding steroid dienone is 4. The first-order chi connectivity index (χ1) is 17.7. The van der Waals surface area contributed by atoms with Crippen LogP contribution in [0.5, 0.6) is 0 Å². The lowest BCUT2D eigenvalue weighted by molar-refractivity contribution is -0.294. The summed E-state index contributed by atoms with van der Waals surface area (Å²) in [4.78, 5) is 37.9. The predicted molar refractivity (Wildman–Crippen MR) is 137 cm³/mol. The van der Waals surface area contributed by atoms with Crippen molar-refractivity contribution in [2.45, 2.75) is 102 Å². The molecule has 208 valence electrons. The molecule has 2 saturated carbocycles. The van der Waals surface area contributed by atoms with E-state index in [0.29, 0.717) is 24.8 Å². The monoisotopic (exact) mass is 528 g/mol. The molecule has 1 heterocycles. The summed E-state index contributed by atoms with van der Waals surface area (Å²) in [6, 6.07) is 0. The molecule has 8 heteroatoms. The molecule has 0 saturated heterocycles. The Morgan fingerprint density at radius 3 is 2.55 bits per heavy atom. The molecule has 5 aliphatic rings. The van der Waals surface area contributed by atoms with Crippen molar-refractivity contribution in [2.24, 2.45) is 22.7 Å². The van der Waals surface area contributed by atoms with Gasteiger partial charge in [-0.25, -0.2) is 4.79 Å². The molecule has 5 rings (SSSR count). The van der Waals surface area contributed by atoms with E-state index in [1.807, 2.05) is 13.0 Å². The third-order valence-electron chi connectivity index (χ3n) is 11.3. The van der Waals surface area contributed by atoms with Crippen LogP contribution in [0, 0.1) is 22.7 Å². The van der Waals surface area contributed by atoms with Crippen molar-refractivity contribution in [2.75, 3.05) is 6.61 Å². The van der Waals surface area contributed by atoms with Gasteiger partial charge in [-0.3, -0.25) is 9.59 Å². The Morgan fingerprint density at radius 1 is 1.18 bits per heavy atom. The molecule has 1 aliphatic heterocycles. The first-order valence-corrected chi connectivity index (χ1v) is 13.7. The molecule has 8 nitrogen and oxygen atoms in total. The molecular weight excluding hydrogens is 488 g/mol. The molecule has 0 aromatic heterocycles. The maximum absolute atomic E-state index is 13.3. The highest BCUT2D eigenvalue weighted by Gasteiger charge is 2.78. The number of ether oxygens (including phenoxy) is 2. The molecule has 0 spiro atoms. The van der Waals surface area contributed by atoms with Gasteiger partial charge >= 0.3 is 11.9 Å². The van der Waals surface area contributed by atoms with Gasteiger partial charge < -0.3 is 24.8 Å². The molecule has 0 amide bonds. The van der Waals surface area contributed by atoms with Crippen LogP contribution in [0.1, 0.15) is 79.6 Å². The topological polar surface area (TPSA) is 130 Å². The van der Waals surface area contributed by atoms with Gasteiger partial charge in [0.1, 0.15) is 23.9 Å². The maximum Gasteiger partial charge on any atom is 0.334 e. The zero-order valence-corrected chi connectivity index (χ0v) is 23.0. The number of ketones is 1. The molecule has 38 heavy (non-hydrogen) atoms. The highest BCUT2D eigenvalue weighted by atomic mass is 16.6. The zero-order valence-electron chi connectivity index (χ0n) is 23.0. The van der Waals surface area contributed by atoms with Crippen molar-refractivity contribution in [1.82, 2.24) is 0 Å². The SMILES string of the molecule is CC(=O)OC[C@]12CC[C@H]3[C@@H](CC=C4CC=CC(=O)[C@@]43C)[C@]1(O)CC[C@@]2(O)C(C)(O)[C@H]1CC(C)=C(C)C(=O)O1. The van der Waals surface area contributed by atoms with Gasteiger partial charge in [-0.05, 0) is 84.1 Å². The van der Waals surface area contributed by atoms with Gasteiger partial charge in [-0.1, -0.05) is 23.3 Å². The van der Waals surface area contributed by atoms with Crippen LogP contribution in [-0.2, 0) is 23.9 Å². The van der Waals surface area contributed by atoms with Gasteiger partial charge in [-0.15, -0.1) is 0 Å². The third-order valence-corrected chi connectivity index (χ3v) is 11.3. The fourth-order valence-electron chi connectivity index (χ4n) is 8.70. The summed E-state index contributed by atoms with van der Waals surface area (Å²) in [6.45, 7) is 7.88. The Bertz CT molecular complexity index is 1180. The minimum absolute atomic E-state index is 0.0211. The maximum atomic E-state index is 13.3. The van der Waals surface area contributed by atoms with Crippen molar-refractivity contribution in [1.29, 1.82) is 0 Å². The van der Waals surface area contributed by atoms with Gasteiger partial charge in [-0.2, -0.15) is 0 Å². The molecule has 3 N–H and O–H groups in total. The largest absolute Gasteiger partial charge is 0.465 e. The molecule has 0 aromatic carbocycles. The van der Waals surface area contributed by atoms with E-state index < -0.39 is 51.6 Å². The average molecular weight is 529 g/mol. The van der Waals surface area contributed by atoms with Crippen molar-refractivity contribution >= 4 is 17.7 Å². The Balaban J connectivity index is 1.60. The van der Waals surface area contributed by atoms with E-state index in [-0.39, 0.29) is 44.0 Å². The van der Waals surface area contributed by atoms with Crippen LogP contribution < -0.4 is 0 Å². The van der Waals surface area contributed by atoms with E-state index in [0.717, 1.165) is 11.1 Å². The second kappa shape index (κ2) is 8.60. The Morgan fingerprint density at radius 2 is 1.89 bits per heavy atom. The second-order valence-electron chi connectivity index (χ2n) is 12.7. The van der Waals surface area contributed by atoms with Crippen LogP contribution in [0.4, 0.5) is 0 Å². The number of hydrogen-bond acceptors (Lipinski definition) is 8. The number of aliphatic hydroxyl groups is 3. The molecular formula is C30H40O8. The number of rotatable bonds is 4. The van der Waals surface area contributed by atoms with Gasteiger partial charge in [0.15, 0.2) is 5.78 Å². The molecule has 0 bridgehead atoms. The summed E-state index contributed by atoms with van der Waals surface area (Å²) >= 11 is 0. The Labute approximate surface area is 223 Å². The quantitative estimate of drug-likeness (QED) is 0.375. The average Bonchev–Trinajstić information content (AvgIpc) is 3.10. The minimum atomic E-state index is -1.95. The summed E-state index contributed by atoms with van der Waals surface area (Å²) in [5, 5.41) is 37.3. The number of esters is 2. The highest BCUT2D eigenvalue weighted by Crippen LogP contribution is 2.70. The number of carbonyl (C=O) groups excluding carboxylic acids is 3. The van der Waals surface area contributed by atoms with Crippen molar-refractivity contribution in [3.63, 3.8) is 0 Å². The van der Waals surface area contributed by atoms with E-state index in [9.17, 15) is 29.7 Å². The molecule has 8 atom stereocenters. The molecule has 0 aromatic rings. The summed E-state index contributed by atoms with van der Waals surface area (Å²) in [5.41, 5.74) is -5.29. The second-order valence-corrected chi connectivity index (χ2v) is 12.7. The molecule has 2 fully saturated rings. The summed E-state index contributed by atoms with van der Waals surface area (Å²) < 4.78 is 11.2. The van der Waals surface area contributed by atoms with Crippen LogP contribution in [0.25, 0.3) is 0 Å². The van der Waals surface area contributed by atoms with Gasteiger partial charge in [0.2, 0.25) is 0 Å². The van der Waals surface area contributed by atoms with Gasteiger partial charge in [0.25, 0.3) is 0 Å². The van der Waals surface area contributed by atoms with Crippen LogP contribution >= 0.6 is 0 Å². The smallest absolute Gasteiger partial charge is 0.334 e. The van der Waals surface area contributed by atoms with Crippen molar-refractivity contribution in [3.8, 4) is 0 Å². The number of carbonyl (C=O) groups is 3. The van der Waals surface area contributed by atoms with Gasteiger partial charge in [0, 0.05) is 18.9 Å². The normalized spacial score (nSPS) is 43.9. The summed E-state index contributed by atoms with van der Waals surface area (Å²) in [6.07, 6.45) is 6.90. The van der Waals surface area contributed by atoms with Crippen molar-refractivity contribution < 1.29 is 39.2 Å². The van der Waals surface area contributed by atoms with E-state index in [1.165, 1.54) is 13.8 Å². The first-order valence-electron chi connectivity index (χ1n) is 13.7. The van der Waals surface area contributed by atoms with E-state index in [2.05, 4.69) is 6.08 Å². The fourth-order valence-corrected chi connectivity index (χ4v) is 8.70. The van der Waals surface area contributed by atoms with Crippen LogP contribution in [0.2, 0.25) is 0 Å². The molecule has 1 unspecified atom stereocenters. The third kappa shape index (κ3) is 3.29. The van der Waals surface area contributed by atoms with Crippen molar-refractivity contribution in [3.05, 3.63) is 34.9 Å². The molecule has 0 radical (unpaired) electrons. The number of fused-ring (bicyclic) bond motifs is 5. The minimum Gasteiger partial charge on any atom is -0.465 e. The standard InChI is InChI=1S/C30H40O8/c1-17-15-24(38-25(33)18(17)2)27(5,34)30(36)14-13-29(35)22-10-9-20-7-6-8-23(32)26(20,4)21(22)11-12-28(29,30)16-37-19(3)31/h6,8-9,21-22,24,34-36H,7,10-16H2,1-5H3/t21-,22+,24+,26-,27?,28+,29+,30+/m0/s1. The summed E-state index contributed by atoms with van der Waals surface area (Å²) in [5.74, 6) is -1.63. The number of hydrogen-bond donors (Lipinski definition) is 3. The lowest BCUT2D eigenvalue weighted by Crippen LogP contribution is -2.74. The lowest BCUT2D eigenvalue weighted by Gasteiger charge is -2.63. The van der Waals surface area contributed by atoms with Crippen LogP contribution in [0.3, 0.4) is 0 Å². The van der Waals surface area contributed by atoms with E-state index in [1.54, 1.807) is 19.9 Å². The summed E-state index contributed by atoms with van der Waals surface area (Å²) in [7, 11) is 0. The van der Waals surface area contributed by atoms with E-state index in [4.69, 9.17) is 9.47 Å². The Kier molecular flexibility index (Phi) is 6.18. The Hall–Kier alpha value is -2.29. The number of cyclic esters (lactones) is 1. The van der Waals surface area contributed by atoms with Crippen LogP contribution in [-0.4, -0.2) is 62.6 Å². The highest BCUT2D eigenvalue weighted by molar-refractivity contribution is 5.98. The van der Waals surface area contributed by atoms with E-state index >= 15 is 0 Å². The predicted octanol–water partition coefficient (Wildman–Crippen LogP) is 3.09. The fraction of sp³-hybridized carbons (Fsp3) is 0.700. The zero-order chi connectivity index (χ0) is 27.9. The van der Waals surface area contributed by atoms with Crippen LogP contribution in [0.15, 0.2) is 34.9 Å². The molecule has 4 aliphatic carbocycles. The lowest BCUT2D eigenvalue weighted by atomic mass is 9.44. The van der Waals surface area contributed by atoms with Gasteiger partial charge in [0.05, 0.1) is 16.4 Å². The first kappa shape index (κ1) is 27.3.